The van der Waals surface area contributed by atoms with Crippen LogP contribution in [-0.2, 0) is 9.59 Å². The number of hydrogen-bond acceptors (Lipinski definition) is 5. The highest BCUT2D eigenvalue weighted by molar-refractivity contribution is 6.24. The van der Waals surface area contributed by atoms with Gasteiger partial charge in [-0.05, 0) is 55.2 Å². The van der Waals surface area contributed by atoms with Crippen LogP contribution in [0.5, 0.6) is 0 Å². The number of carboxylic acid groups (broad SMARTS) is 1. The summed E-state index contributed by atoms with van der Waals surface area (Å²) in [4.78, 5) is 41.2. The second-order valence-corrected chi connectivity index (χ2v) is 8.05. The Labute approximate surface area is 157 Å². The third-order valence-corrected chi connectivity index (χ3v) is 6.62. The molecule has 0 radical (unpaired) electrons. The van der Waals surface area contributed by atoms with E-state index < -0.39 is 5.97 Å². The summed E-state index contributed by atoms with van der Waals surface area (Å²) in [7, 11) is 0. The third kappa shape index (κ3) is 2.35. The van der Waals surface area contributed by atoms with Crippen LogP contribution in [0.4, 0.5) is 11.4 Å². The molecule has 5 rings (SSSR count). The molecule has 2 amide bonds. The predicted octanol–water partition coefficient (Wildman–Crippen LogP) is 1.35. The number of anilines is 2. The van der Waals surface area contributed by atoms with Gasteiger partial charge in [0, 0.05) is 13.1 Å². The number of benzene rings is 1. The van der Waals surface area contributed by atoms with Gasteiger partial charge in [-0.15, -0.1) is 0 Å². The molecule has 0 spiro atoms. The molecule has 1 aromatic rings. The molecule has 1 aromatic carbocycles. The van der Waals surface area contributed by atoms with Gasteiger partial charge in [-0.25, -0.2) is 4.90 Å². The van der Waals surface area contributed by atoms with Crippen molar-refractivity contribution in [2.75, 3.05) is 22.9 Å². The maximum atomic E-state index is 13.2. The summed E-state index contributed by atoms with van der Waals surface area (Å²) < 4.78 is 0. The molecule has 2 heterocycles. The zero-order valence-electron chi connectivity index (χ0n) is 15.0. The number of rotatable bonds is 3. The lowest BCUT2D eigenvalue weighted by molar-refractivity contribution is -0.255. The van der Waals surface area contributed by atoms with Gasteiger partial charge in [0.05, 0.1) is 29.2 Å². The second-order valence-electron chi connectivity index (χ2n) is 8.05. The molecule has 2 bridgehead atoms. The number of allylic oxidation sites excluding steroid dienone is 2. The number of fused-ring (bicyclic) bond motifs is 5. The molecule has 4 aliphatic rings. The fourth-order valence-electron chi connectivity index (χ4n) is 5.37. The van der Waals surface area contributed by atoms with Gasteiger partial charge in [-0.2, -0.15) is 0 Å². The van der Waals surface area contributed by atoms with E-state index in [1.165, 1.54) is 17.0 Å². The van der Waals surface area contributed by atoms with E-state index in [0.717, 1.165) is 44.5 Å². The van der Waals surface area contributed by atoms with Gasteiger partial charge in [0.15, 0.2) is 0 Å². The Morgan fingerprint density at radius 2 is 1.56 bits per heavy atom. The SMILES string of the molecule is O=C([O-])c1ccc(N2CCCCC2)c(N2C(=O)[C@@H]3[C@H](C2=O)[C@@H]2C=C[C@H]3C2)c1. The first kappa shape index (κ1) is 16.5. The summed E-state index contributed by atoms with van der Waals surface area (Å²) in [5.74, 6) is -2.01. The lowest BCUT2D eigenvalue weighted by Crippen LogP contribution is -2.37. The fraction of sp³-hybridized carbons (Fsp3) is 0.476. The molecule has 6 nitrogen and oxygen atoms in total. The topological polar surface area (TPSA) is 80.8 Å². The first-order valence-electron chi connectivity index (χ1n) is 9.73. The predicted molar refractivity (Wildman–Crippen MR) is 97.0 cm³/mol. The van der Waals surface area contributed by atoms with Gasteiger partial charge in [-0.3, -0.25) is 9.59 Å². The van der Waals surface area contributed by atoms with Crippen LogP contribution >= 0.6 is 0 Å². The number of aromatic carboxylic acids is 1. The van der Waals surface area contributed by atoms with Gasteiger partial charge < -0.3 is 14.8 Å². The molecule has 4 atom stereocenters. The Morgan fingerprint density at radius 1 is 0.926 bits per heavy atom. The van der Waals surface area contributed by atoms with Gasteiger partial charge in [0.2, 0.25) is 11.8 Å². The molecule has 6 heteroatoms. The number of hydrogen-bond donors (Lipinski definition) is 0. The molecule has 2 saturated heterocycles. The molecule has 3 fully saturated rings. The minimum Gasteiger partial charge on any atom is -0.545 e. The van der Waals surface area contributed by atoms with Crippen LogP contribution in [0.25, 0.3) is 0 Å². The Balaban J connectivity index is 1.59. The Morgan fingerprint density at radius 3 is 2.15 bits per heavy atom. The Kier molecular flexibility index (Phi) is 3.64. The average molecular weight is 365 g/mol. The molecule has 2 aliphatic carbocycles. The van der Waals surface area contributed by atoms with Crippen LogP contribution in [0, 0.1) is 23.7 Å². The Hall–Kier alpha value is -2.63. The molecule has 1 saturated carbocycles. The van der Waals surface area contributed by atoms with Crippen molar-refractivity contribution < 1.29 is 19.5 Å². The minimum absolute atomic E-state index is 0.00971. The largest absolute Gasteiger partial charge is 0.545 e. The molecule has 27 heavy (non-hydrogen) atoms. The van der Waals surface area contributed by atoms with E-state index in [9.17, 15) is 19.5 Å². The first-order valence-corrected chi connectivity index (χ1v) is 9.73. The number of imide groups is 1. The second kappa shape index (κ2) is 5.94. The standard InChI is InChI=1S/C21H22N2O4/c24-19-17-12-4-5-13(10-12)18(17)20(25)23(19)16-11-14(21(26)27)6-7-15(16)22-8-2-1-3-9-22/h4-7,11-13,17-18H,1-3,8-10H2,(H,26,27)/p-1/t12-,13+,17-,18+. The monoisotopic (exact) mass is 365 g/mol. The van der Waals surface area contributed by atoms with E-state index in [2.05, 4.69) is 17.1 Å². The summed E-state index contributed by atoms with van der Waals surface area (Å²) in [6, 6.07) is 4.65. The molecule has 2 aliphatic heterocycles. The van der Waals surface area contributed by atoms with Crippen molar-refractivity contribution >= 4 is 29.2 Å². The number of piperidine rings is 1. The van der Waals surface area contributed by atoms with E-state index >= 15 is 0 Å². The van der Waals surface area contributed by atoms with Crippen molar-refractivity contribution in [3.8, 4) is 0 Å². The summed E-state index contributed by atoms with van der Waals surface area (Å²) in [6.45, 7) is 1.68. The van der Waals surface area contributed by atoms with Gasteiger partial charge >= 0.3 is 0 Å². The molecule has 0 aromatic heterocycles. The smallest absolute Gasteiger partial charge is 0.238 e. The normalized spacial score (nSPS) is 31.7. The van der Waals surface area contributed by atoms with Crippen LogP contribution in [0.1, 0.15) is 36.0 Å². The van der Waals surface area contributed by atoms with Gasteiger partial charge in [0.25, 0.3) is 0 Å². The van der Waals surface area contributed by atoms with E-state index in [1.807, 2.05) is 0 Å². The average Bonchev–Trinajstić information content (AvgIpc) is 3.36. The van der Waals surface area contributed by atoms with Crippen molar-refractivity contribution in [2.24, 2.45) is 23.7 Å². The molecule has 0 N–H and O–H groups in total. The number of nitrogens with zero attached hydrogens (tertiary/aromatic N) is 2. The van der Waals surface area contributed by atoms with E-state index in [0.29, 0.717) is 5.69 Å². The lowest BCUT2D eigenvalue weighted by atomic mass is 9.85. The summed E-state index contributed by atoms with van der Waals surface area (Å²) in [5.41, 5.74) is 1.16. The molecular weight excluding hydrogens is 344 g/mol. The summed E-state index contributed by atoms with van der Waals surface area (Å²) >= 11 is 0. The van der Waals surface area contributed by atoms with E-state index in [4.69, 9.17) is 0 Å². The highest BCUT2D eigenvalue weighted by Gasteiger charge is 2.59. The van der Waals surface area contributed by atoms with Crippen LogP contribution < -0.4 is 14.9 Å². The van der Waals surface area contributed by atoms with Crippen LogP contribution in [0.3, 0.4) is 0 Å². The van der Waals surface area contributed by atoms with Crippen molar-refractivity contribution in [3.05, 3.63) is 35.9 Å². The quantitative estimate of drug-likeness (QED) is 0.597. The first-order chi connectivity index (χ1) is 13.1. The highest BCUT2D eigenvalue weighted by atomic mass is 16.4. The maximum Gasteiger partial charge on any atom is 0.238 e. The van der Waals surface area contributed by atoms with Gasteiger partial charge in [-0.1, -0.05) is 18.2 Å². The molecule has 140 valence electrons. The molecular formula is C21H21N2O4-. The number of carbonyl (C=O) groups excluding carboxylic acids is 3. The zero-order valence-corrected chi connectivity index (χ0v) is 15.0. The van der Waals surface area contributed by atoms with E-state index in [-0.39, 0.29) is 41.0 Å². The lowest BCUT2D eigenvalue weighted by Gasteiger charge is -2.32. The molecule has 0 unspecified atom stereocenters. The number of amides is 2. The number of carbonyl (C=O) groups is 3. The summed E-state index contributed by atoms with van der Waals surface area (Å²) in [5, 5.41) is 11.4. The van der Waals surface area contributed by atoms with Crippen molar-refractivity contribution in [1.29, 1.82) is 0 Å². The van der Waals surface area contributed by atoms with E-state index in [1.54, 1.807) is 6.07 Å². The highest BCUT2D eigenvalue weighted by Crippen LogP contribution is 2.54. The van der Waals surface area contributed by atoms with Crippen molar-refractivity contribution in [1.82, 2.24) is 0 Å². The third-order valence-electron chi connectivity index (χ3n) is 6.62. The van der Waals surface area contributed by atoms with Crippen LogP contribution in [0.15, 0.2) is 30.4 Å². The van der Waals surface area contributed by atoms with Crippen LogP contribution in [-0.4, -0.2) is 30.9 Å². The Bertz CT molecular complexity index is 841. The number of carboxylic acids is 1. The van der Waals surface area contributed by atoms with Crippen LogP contribution in [0.2, 0.25) is 0 Å². The zero-order chi connectivity index (χ0) is 18.7. The minimum atomic E-state index is -1.30. The maximum absolute atomic E-state index is 13.2. The van der Waals surface area contributed by atoms with Gasteiger partial charge in [0.1, 0.15) is 0 Å². The fourth-order valence-corrected chi connectivity index (χ4v) is 5.37. The van der Waals surface area contributed by atoms with Crippen molar-refractivity contribution in [2.45, 2.75) is 25.7 Å². The van der Waals surface area contributed by atoms with Crippen molar-refractivity contribution in [3.63, 3.8) is 0 Å². The summed E-state index contributed by atoms with van der Waals surface area (Å²) in [6.07, 6.45) is 8.24.